The van der Waals surface area contributed by atoms with E-state index < -0.39 is 0 Å². The summed E-state index contributed by atoms with van der Waals surface area (Å²) in [4.78, 5) is 0. The molecule has 2 heteroatoms. The lowest BCUT2D eigenvalue weighted by Gasteiger charge is -2.30. The molecule has 0 fully saturated rings. The first-order chi connectivity index (χ1) is 4.48. The Kier molecular flexibility index (Phi) is 3.91. The van der Waals surface area contributed by atoms with E-state index in [1.54, 1.807) is 0 Å². The Hall–Kier alpha value is -0.0800. The number of quaternary nitrogens is 1. The molecule has 0 aliphatic heterocycles. The maximum absolute atomic E-state index is 5.53. The fourth-order valence-corrected chi connectivity index (χ4v) is 0.512. The van der Waals surface area contributed by atoms with Crippen LogP contribution in [0.4, 0.5) is 0 Å². The third-order valence-electron chi connectivity index (χ3n) is 1.65. The summed E-state index contributed by atoms with van der Waals surface area (Å²) < 4.78 is 6.40. The molecule has 1 atom stereocenters. The summed E-state index contributed by atoms with van der Waals surface area (Å²) in [5, 5.41) is 0. The lowest BCUT2D eigenvalue weighted by molar-refractivity contribution is -0.917. The van der Waals surface area contributed by atoms with Gasteiger partial charge in [0.2, 0.25) is 0 Å². The van der Waals surface area contributed by atoms with Crippen molar-refractivity contribution in [2.45, 2.75) is 26.5 Å². The Morgan fingerprint density at radius 1 is 1.30 bits per heavy atom. The third-order valence-corrected chi connectivity index (χ3v) is 1.65. The lowest BCUT2D eigenvalue weighted by atomic mass is 10.5. The van der Waals surface area contributed by atoms with Crippen molar-refractivity contribution in [2.24, 2.45) is 0 Å². The fourth-order valence-electron chi connectivity index (χ4n) is 0.512. The van der Waals surface area contributed by atoms with Crippen molar-refractivity contribution in [1.29, 1.82) is 0 Å². The van der Waals surface area contributed by atoms with Gasteiger partial charge < -0.3 is 9.22 Å². The Bertz CT molecular complexity index is 85.7. The van der Waals surface area contributed by atoms with Crippen LogP contribution in [0.15, 0.2) is 0 Å². The van der Waals surface area contributed by atoms with E-state index in [4.69, 9.17) is 4.74 Å². The fraction of sp³-hybridized carbons (Fsp3) is 1.00. The Balaban J connectivity index is 3.52. The van der Waals surface area contributed by atoms with Crippen LogP contribution < -0.4 is 0 Å². The molecule has 0 aromatic heterocycles. The summed E-state index contributed by atoms with van der Waals surface area (Å²) in [6.07, 6.45) is 1.41. The standard InChI is InChI=1S/C8H20NO/c1-6-7-10-8(2)9(3,4)5/h8H,6-7H2,1-5H3/q+1. The van der Waals surface area contributed by atoms with Gasteiger partial charge in [-0.15, -0.1) is 0 Å². The molecule has 2 nitrogen and oxygen atoms in total. The van der Waals surface area contributed by atoms with E-state index in [0.717, 1.165) is 17.5 Å². The summed E-state index contributed by atoms with van der Waals surface area (Å²) in [5.41, 5.74) is 0. The van der Waals surface area contributed by atoms with Crippen molar-refractivity contribution in [1.82, 2.24) is 0 Å². The first-order valence-electron chi connectivity index (χ1n) is 3.91. The summed E-state index contributed by atoms with van der Waals surface area (Å²) >= 11 is 0. The molecule has 0 radical (unpaired) electrons. The van der Waals surface area contributed by atoms with Gasteiger partial charge in [0.1, 0.15) is 0 Å². The molecule has 0 spiro atoms. The van der Waals surface area contributed by atoms with Crippen molar-refractivity contribution in [3.63, 3.8) is 0 Å². The zero-order chi connectivity index (χ0) is 8.20. The monoisotopic (exact) mass is 146 g/mol. The minimum Gasteiger partial charge on any atom is -0.329 e. The Morgan fingerprint density at radius 2 is 1.80 bits per heavy atom. The Labute approximate surface area is 64.4 Å². The van der Waals surface area contributed by atoms with Gasteiger partial charge in [-0.3, -0.25) is 0 Å². The zero-order valence-corrected chi connectivity index (χ0v) is 7.85. The number of nitrogens with zero attached hydrogens (tertiary/aromatic N) is 1. The van der Waals surface area contributed by atoms with E-state index in [1.165, 1.54) is 0 Å². The first kappa shape index (κ1) is 9.92. The zero-order valence-electron chi connectivity index (χ0n) is 7.85. The Morgan fingerprint density at radius 3 is 2.10 bits per heavy atom. The highest BCUT2D eigenvalue weighted by Gasteiger charge is 2.17. The van der Waals surface area contributed by atoms with Gasteiger partial charge >= 0.3 is 0 Å². The van der Waals surface area contributed by atoms with E-state index in [1.807, 2.05) is 0 Å². The predicted molar refractivity (Wildman–Crippen MR) is 43.7 cm³/mol. The normalized spacial score (nSPS) is 15.3. The minimum atomic E-state index is 0.306. The van der Waals surface area contributed by atoms with Gasteiger partial charge in [0.05, 0.1) is 27.7 Å². The van der Waals surface area contributed by atoms with Crippen LogP contribution in [0.1, 0.15) is 20.3 Å². The second kappa shape index (κ2) is 3.94. The summed E-state index contributed by atoms with van der Waals surface area (Å²) in [6.45, 7) is 5.11. The molecule has 62 valence electrons. The molecular weight excluding hydrogens is 126 g/mol. The topological polar surface area (TPSA) is 9.23 Å². The van der Waals surface area contributed by atoms with Crippen molar-refractivity contribution in [2.75, 3.05) is 27.7 Å². The van der Waals surface area contributed by atoms with Gasteiger partial charge in [-0.25, -0.2) is 0 Å². The van der Waals surface area contributed by atoms with Crippen LogP contribution in [0.5, 0.6) is 0 Å². The highest BCUT2D eigenvalue weighted by molar-refractivity contribution is 4.31. The molecule has 0 saturated carbocycles. The van der Waals surface area contributed by atoms with Crippen LogP contribution in [-0.4, -0.2) is 38.5 Å². The highest BCUT2D eigenvalue weighted by Crippen LogP contribution is 2.03. The average Bonchev–Trinajstić information content (AvgIpc) is 1.80. The molecular formula is C8H20NO+. The molecule has 0 bridgehead atoms. The second-order valence-electron chi connectivity index (χ2n) is 3.59. The molecule has 0 amide bonds. The number of hydrogen-bond donors (Lipinski definition) is 0. The van der Waals surface area contributed by atoms with Crippen molar-refractivity contribution in [3.05, 3.63) is 0 Å². The van der Waals surface area contributed by atoms with Crippen LogP contribution in [0, 0.1) is 0 Å². The SMILES string of the molecule is CCCOC(C)[N+](C)(C)C. The quantitative estimate of drug-likeness (QED) is 0.431. The van der Waals surface area contributed by atoms with Crippen molar-refractivity contribution < 1.29 is 9.22 Å². The molecule has 0 heterocycles. The van der Waals surface area contributed by atoms with E-state index in [9.17, 15) is 0 Å². The van der Waals surface area contributed by atoms with Crippen molar-refractivity contribution in [3.8, 4) is 0 Å². The predicted octanol–water partition coefficient (Wildman–Crippen LogP) is 1.47. The largest absolute Gasteiger partial charge is 0.329 e. The molecule has 0 aromatic carbocycles. The van der Waals surface area contributed by atoms with Crippen LogP contribution in [-0.2, 0) is 4.74 Å². The summed E-state index contributed by atoms with van der Waals surface area (Å²) in [5.74, 6) is 0. The highest BCUT2D eigenvalue weighted by atomic mass is 16.5. The van der Waals surface area contributed by atoms with Gasteiger partial charge in [0.15, 0.2) is 6.23 Å². The van der Waals surface area contributed by atoms with Gasteiger partial charge in [0, 0.05) is 6.92 Å². The summed E-state index contributed by atoms with van der Waals surface area (Å²) in [6, 6.07) is 0. The first-order valence-corrected chi connectivity index (χ1v) is 3.91. The molecule has 1 unspecified atom stereocenters. The molecule has 0 aliphatic carbocycles. The van der Waals surface area contributed by atoms with Crippen LogP contribution in [0.2, 0.25) is 0 Å². The van der Waals surface area contributed by atoms with Crippen molar-refractivity contribution >= 4 is 0 Å². The average molecular weight is 146 g/mol. The molecule has 0 saturated heterocycles. The molecule has 0 N–H and O–H groups in total. The van der Waals surface area contributed by atoms with E-state index >= 15 is 0 Å². The van der Waals surface area contributed by atoms with Gasteiger partial charge in [-0.2, -0.15) is 0 Å². The lowest BCUT2D eigenvalue weighted by Crippen LogP contribution is -2.44. The molecule has 0 rings (SSSR count). The minimum absolute atomic E-state index is 0.306. The maximum atomic E-state index is 5.53. The smallest absolute Gasteiger partial charge is 0.189 e. The number of hydrogen-bond acceptors (Lipinski definition) is 1. The summed E-state index contributed by atoms with van der Waals surface area (Å²) in [7, 11) is 6.42. The van der Waals surface area contributed by atoms with Gasteiger partial charge in [-0.05, 0) is 6.42 Å². The van der Waals surface area contributed by atoms with Gasteiger partial charge in [0.25, 0.3) is 0 Å². The second-order valence-corrected chi connectivity index (χ2v) is 3.59. The number of rotatable bonds is 4. The van der Waals surface area contributed by atoms with Crippen LogP contribution in [0.25, 0.3) is 0 Å². The molecule has 0 aromatic rings. The van der Waals surface area contributed by atoms with E-state index in [2.05, 4.69) is 35.0 Å². The van der Waals surface area contributed by atoms with Crippen LogP contribution in [0.3, 0.4) is 0 Å². The van der Waals surface area contributed by atoms with Crippen LogP contribution >= 0.6 is 0 Å². The third kappa shape index (κ3) is 3.85. The molecule has 10 heavy (non-hydrogen) atoms. The molecule has 0 aliphatic rings. The maximum Gasteiger partial charge on any atom is 0.189 e. The van der Waals surface area contributed by atoms with E-state index in [0.29, 0.717) is 6.23 Å². The van der Waals surface area contributed by atoms with E-state index in [-0.39, 0.29) is 0 Å². The van der Waals surface area contributed by atoms with Gasteiger partial charge in [-0.1, -0.05) is 6.92 Å². The number of ether oxygens (including phenoxy) is 1.